The van der Waals surface area contributed by atoms with Gasteiger partial charge in [0, 0.05) is 60.2 Å². The lowest BCUT2D eigenvalue weighted by atomic mass is 9.89. The number of rotatable bonds is 14. The van der Waals surface area contributed by atoms with Crippen molar-refractivity contribution in [1.29, 1.82) is 0 Å². The minimum absolute atomic E-state index is 0. The van der Waals surface area contributed by atoms with Gasteiger partial charge in [0.15, 0.2) is 0 Å². The van der Waals surface area contributed by atoms with Gasteiger partial charge in [-0.25, -0.2) is 4.79 Å². The van der Waals surface area contributed by atoms with Crippen LogP contribution in [0.5, 0.6) is 11.5 Å². The summed E-state index contributed by atoms with van der Waals surface area (Å²) in [5.74, 6) is 0.173. The van der Waals surface area contributed by atoms with Crippen molar-refractivity contribution in [3.63, 3.8) is 0 Å². The summed E-state index contributed by atoms with van der Waals surface area (Å²) in [5.41, 5.74) is 11.0. The van der Waals surface area contributed by atoms with Gasteiger partial charge in [0.1, 0.15) is 11.5 Å². The van der Waals surface area contributed by atoms with E-state index >= 15 is 0 Å². The fourth-order valence-electron chi connectivity index (χ4n) is 7.30. The number of nitrogens with one attached hydrogen (secondary N) is 3. The number of carboxylic acid groups (broad SMARTS) is 1. The molecule has 1 aromatic heterocycles. The van der Waals surface area contributed by atoms with Crippen LogP contribution in [0.3, 0.4) is 0 Å². The molecule has 6 rings (SSSR count). The molecule has 1 aliphatic carbocycles. The number of amides is 2. The van der Waals surface area contributed by atoms with Crippen molar-refractivity contribution in [2.45, 2.75) is 69.7 Å². The maximum atomic E-state index is 13.1. The molecule has 0 radical (unpaired) electrons. The second-order valence-electron chi connectivity index (χ2n) is 13.9. The number of fused-ring (bicyclic) bond motifs is 1. The van der Waals surface area contributed by atoms with E-state index in [0.29, 0.717) is 70.9 Å². The number of ether oxygens (including phenoxy) is 1. The van der Waals surface area contributed by atoms with Gasteiger partial charge >= 0.3 is 6.09 Å². The van der Waals surface area contributed by atoms with E-state index < -0.39 is 12.2 Å². The zero-order valence-corrected chi connectivity index (χ0v) is 32.1. The first kappa shape index (κ1) is 44.2. The third kappa shape index (κ3) is 10.7. The van der Waals surface area contributed by atoms with Crippen LogP contribution in [0.4, 0.5) is 25.6 Å². The number of benzene rings is 4. The molecule has 8 N–H and O–H groups in total. The second-order valence-corrected chi connectivity index (χ2v) is 14.3. The molecule has 12 nitrogen and oxygen atoms in total. The van der Waals surface area contributed by atoms with Crippen LogP contribution in [0.25, 0.3) is 22.0 Å². The number of methoxy groups -OCH3 is 1. The van der Waals surface area contributed by atoms with Gasteiger partial charge in [0.2, 0.25) is 11.5 Å². The van der Waals surface area contributed by atoms with E-state index in [1.165, 1.54) is 24.1 Å². The van der Waals surface area contributed by atoms with E-state index in [4.69, 9.17) is 22.1 Å². The molecule has 2 amide bonds. The van der Waals surface area contributed by atoms with Crippen molar-refractivity contribution >= 4 is 45.9 Å². The Bertz CT molecular complexity index is 2220. The van der Waals surface area contributed by atoms with Crippen LogP contribution in [-0.4, -0.2) is 58.0 Å². The number of halogens is 3. The molecule has 0 spiro atoms. The molecule has 1 saturated carbocycles. The summed E-state index contributed by atoms with van der Waals surface area (Å²) in [4.78, 5) is 41.7. The van der Waals surface area contributed by atoms with Crippen LogP contribution >= 0.6 is 11.6 Å². The zero-order chi connectivity index (χ0) is 39.1. The van der Waals surface area contributed by atoms with E-state index in [1.54, 1.807) is 24.3 Å². The SMILES string of the molecule is COc1cc(NC(=O)CCCc2ccc(-c3ccccc3)c(N(C(=O)O)C3CCC(N)CC3)c2)c(Cl)cc1CNC[C@H](O)c1ccc(O)c2[nH]c(=O)ccc12.F.F. The Morgan fingerprint density at radius 1 is 1.00 bits per heavy atom. The highest BCUT2D eigenvalue weighted by atomic mass is 35.5. The van der Waals surface area contributed by atoms with Gasteiger partial charge in [-0.3, -0.25) is 23.9 Å². The number of aryl methyl sites for hydroxylation is 1. The van der Waals surface area contributed by atoms with Gasteiger partial charge < -0.3 is 41.4 Å². The number of nitrogens with zero attached hydrogens (tertiary/aromatic N) is 1. The maximum Gasteiger partial charge on any atom is 0.412 e. The van der Waals surface area contributed by atoms with Crippen LogP contribution in [0, 0.1) is 0 Å². The number of hydrogen-bond donors (Lipinski definition) is 7. The van der Waals surface area contributed by atoms with Crippen LogP contribution in [0.2, 0.25) is 5.02 Å². The monoisotopic (exact) mass is 807 g/mol. The van der Waals surface area contributed by atoms with Gasteiger partial charge in [-0.1, -0.05) is 60.1 Å². The first-order valence-electron chi connectivity index (χ1n) is 18.4. The summed E-state index contributed by atoms with van der Waals surface area (Å²) < 4.78 is 5.60. The normalized spacial score (nSPS) is 15.5. The van der Waals surface area contributed by atoms with Gasteiger partial charge in [-0.05, 0) is 79.5 Å². The van der Waals surface area contributed by atoms with Crippen LogP contribution in [0.15, 0.2) is 89.7 Å². The fraction of sp³-hybridized carbons (Fsp3) is 0.310. The number of aliphatic hydroxyl groups is 1. The Labute approximate surface area is 333 Å². The standard InChI is InChI=1S/C42H46ClN5O7.2FH/c1-55-38-22-34(33(43)21-27(38)23-45-24-37(50)31-16-18-36(49)41-32(31)17-19-40(52)47-41)46-39(51)9-5-6-25-10-15-30(26-7-3-2-4-8-26)35(20-25)48(42(53)54)29-13-11-28(44)12-14-29;;/h2-4,7-8,10,15-22,28-29,37,45,49-50H,5-6,9,11-14,23-24,44H2,1H3,(H,46,51)(H,47,52)(H,53,54);2*1H/t28?,29?,37-;;/m0../s1. The summed E-state index contributed by atoms with van der Waals surface area (Å²) in [6, 6.07) is 24.8. The number of carbonyl (C=O) groups is 2. The minimum Gasteiger partial charge on any atom is -0.506 e. The number of carbonyl (C=O) groups excluding carboxylic acids is 1. The van der Waals surface area contributed by atoms with Crippen molar-refractivity contribution in [2.24, 2.45) is 5.73 Å². The molecule has 1 aliphatic rings. The summed E-state index contributed by atoms with van der Waals surface area (Å²) in [7, 11) is 1.52. The number of aromatic amines is 1. The van der Waals surface area contributed by atoms with Crippen LogP contribution in [-0.2, 0) is 17.8 Å². The summed E-state index contributed by atoms with van der Waals surface area (Å²) in [6.45, 7) is 0.442. The quantitative estimate of drug-likeness (QED) is 0.0599. The van der Waals surface area contributed by atoms with Gasteiger partial charge in [0.25, 0.3) is 0 Å². The van der Waals surface area contributed by atoms with Crippen LogP contribution < -0.4 is 31.6 Å². The lowest BCUT2D eigenvalue weighted by Crippen LogP contribution is -2.44. The molecular weight excluding hydrogens is 760 g/mol. The molecule has 0 unspecified atom stereocenters. The fourth-order valence-corrected chi connectivity index (χ4v) is 7.53. The Morgan fingerprint density at radius 2 is 1.74 bits per heavy atom. The van der Waals surface area contributed by atoms with Crippen molar-refractivity contribution in [3.05, 3.63) is 117 Å². The Kier molecular flexibility index (Phi) is 15.5. The zero-order valence-electron chi connectivity index (χ0n) is 31.4. The first-order valence-corrected chi connectivity index (χ1v) is 18.8. The molecule has 304 valence electrons. The van der Waals surface area contributed by atoms with E-state index in [1.807, 2.05) is 48.5 Å². The lowest BCUT2D eigenvalue weighted by Gasteiger charge is -2.35. The van der Waals surface area contributed by atoms with E-state index in [9.17, 15) is 29.7 Å². The first-order chi connectivity index (χ1) is 26.5. The number of hydrogen-bond acceptors (Lipinski definition) is 8. The van der Waals surface area contributed by atoms with Crippen molar-refractivity contribution < 1.29 is 39.1 Å². The molecule has 0 aliphatic heterocycles. The van der Waals surface area contributed by atoms with Gasteiger partial charge in [0.05, 0.1) is 35.1 Å². The number of H-pyrrole nitrogens is 1. The average Bonchev–Trinajstić information content (AvgIpc) is 3.17. The Morgan fingerprint density at radius 3 is 2.44 bits per heavy atom. The molecule has 0 saturated heterocycles. The predicted molar refractivity (Wildman–Crippen MR) is 220 cm³/mol. The predicted octanol–water partition coefficient (Wildman–Crippen LogP) is 7.41. The number of aliphatic hydroxyl groups excluding tert-OH is 1. The third-order valence-corrected chi connectivity index (χ3v) is 10.5. The Hall–Kier alpha value is -5.54. The topological polar surface area (TPSA) is 190 Å². The summed E-state index contributed by atoms with van der Waals surface area (Å²) in [6.07, 6.45) is 2.28. The lowest BCUT2D eigenvalue weighted by molar-refractivity contribution is -0.116. The highest BCUT2D eigenvalue weighted by molar-refractivity contribution is 6.33. The Balaban J connectivity index is 0.00000360. The molecule has 4 aromatic carbocycles. The average molecular weight is 808 g/mol. The molecular formula is C42H48ClF2N5O7. The van der Waals surface area contributed by atoms with Gasteiger partial charge in [-0.2, -0.15) is 0 Å². The number of nitrogens with two attached hydrogens (primary N) is 1. The summed E-state index contributed by atoms with van der Waals surface area (Å²) >= 11 is 6.61. The smallest absolute Gasteiger partial charge is 0.412 e. The van der Waals surface area contributed by atoms with Crippen molar-refractivity contribution in [1.82, 2.24) is 10.3 Å². The van der Waals surface area contributed by atoms with Crippen LogP contribution in [0.1, 0.15) is 61.3 Å². The van der Waals surface area contributed by atoms with Crippen molar-refractivity contribution in [2.75, 3.05) is 23.9 Å². The minimum atomic E-state index is -0.997. The second kappa shape index (κ2) is 20.1. The number of aromatic nitrogens is 1. The molecule has 15 heteroatoms. The number of phenols is 1. The third-order valence-electron chi connectivity index (χ3n) is 10.2. The van der Waals surface area contributed by atoms with E-state index in [-0.39, 0.29) is 57.2 Å². The largest absolute Gasteiger partial charge is 0.506 e. The molecule has 1 fully saturated rings. The van der Waals surface area contributed by atoms with Gasteiger partial charge in [-0.15, -0.1) is 0 Å². The maximum absolute atomic E-state index is 13.1. The molecule has 0 bridgehead atoms. The molecule has 57 heavy (non-hydrogen) atoms. The number of phenolic OH excluding ortho intramolecular Hbond substituents is 1. The molecule has 5 aromatic rings. The number of anilines is 2. The summed E-state index contributed by atoms with van der Waals surface area (Å²) in [5, 5.41) is 38.5. The van der Waals surface area contributed by atoms with Crippen molar-refractivity contribution in [3.8, 4) is 22.6 Å². The van der Waals surface area contributed by atoms with E-state index in [0.717, 1.165) is 29.5 Å². The number of aromatic hydroxyl groups is 1. The van der Waals surface area contributed by atoms with E-state index in [2.05, 4.69) is 15.6 Å². The highest BCUT2D eigenvalue weighted by Crippen LogP contribution is 2.37. The molecule has 1 atom stereocenters. The molecule has 1 heterocycles. The highest BCUT2D eigenvalue weighted by Gasteiger charge is 2.31. The number of pyridine rings is 1.